The Morgan fingerprint density at radius 1 is 1.45 bits per heavy atom. The van der Waals surface area contributed by atoms with Crippen LogP contribution in [0.25, 0.3) is 0 Å². The van der Waals surface area contributed by atoms with Gasteiger partial charge < -0.3 is 9.64 Å². The Kier molecular flexibility index (Phi) is 5.61. The molecule has 0 aliphatic carbocycles. The summed E-state index contributed by atoms with van der Waals surface area (Å²) in [5.41, 5.74) is -0.0540. The lowest BCUT2D eigenvalue weighted by atomic mass is 10.2. The van der Waals surface area contributed by atoms with Crippen LogP contribution in [0.5, 0.6) is 0 Å². The third-order valence-electron chi connectivity index (χ3n) is 3.43. The number of anilines is 1. The molecule has 1 unspecified atom stereocenters. The molecule has 1 saturated heterocycles. The van der Waals surface area contributed by atoms with Gasteiger partial charge in [-0.2, -0.15) is 13.2 Å². The predicted molar refractivity (Wildman–Crippen MR) is 81.2 cm³/mol. The average Bonchev–Trinajstić information content (AvgIpc) is 2.94. The normalized spacial score (nSPS) is 18.5. The topological polar surface area (TPSA) is 29.5 Å². The van der Waals surface area contributed by atoms with E-state index in [1.807, 2.05) is 4.90 Å². The molecule has 1 aliphatic rings. The van der Waals surface area contributed by atoms with E-state index in [4.69, 9.17) is 4.74 Å². The lowest BCUT2D eigenvalue weighted by Crippen LogP contribution is -2.21. The summed E-state index contributed by atoms with van der Waals surface area (Å²) in [5.74, 6) is 0.0413. The number of halogens is 3. The van der Waals surface area contributed by atoms with Crippen LogP contribution >= 0.6 is 11.8 Å². The van der Waals surface area contributed by atoms with Crippen molar-refractivity contribution < 1.29 is 22.7 Å². The van der Waals surface area contributed by atoms with Crippen LogP contribution in [0.4, 0.5) is 18.9 Å². The third-order valence-corrected chi connectivity index (χ3v) is 4.68. The highest BCUT2D eigenvalue weighted by molar-refractivity contribution is 8.00. The van der Waals surface area contributed by atoms with Crippen LogP contribution in [0.1, 0.15) is 18.9 Å². The maximum absolute atomic E-state index is 12.7. The molecule has 0 amide bonds. The standard InChI is InChI=1S/C15H18F3NO2S/c1-2-21-14(20)10-22-13-6-7-19(9-13)12-5-3-4-11(8-12)15(16,17)18/h3-5,8,13H,2,6-7,9-10H2,1H3. The number of alkyl halides is 3. The van der Waals surface area contributed by atoms with Crippen LogP contribution in [0.2, 0.25) is 0 Å². The van der Waals surface area contributed by atoms with Gasteiger partial charge in [0.25, 0.3) is 0 Å². The number of esters is 1. The zero-order valence-corrected chi connectivity index (χ0v) is 13.0. The molecule has 1 heterocycles. The van der Waals surface area contributed by atoms with Gasteiger partial charge >= 0.3 is 12.1 Å². The Morgan fingerprint density at radius 3 is 2.91 bits per heavy atom. The number of hydrogen-bond donors (Lipinski definition) is 0. The minimum absolute atomic E-state index is 0.235. The molecule has 1 fully saturated rings. The second kappa shape index (κ2) is 7.26. The van der Waals surface area contributed by atoms with Crippen LogP contribution in [0.3, 0.4) is 0 Å². The molecule has 1 aromatic carbocycles. The van der Waals surface area contributed by atoms with Gasteiger partial charge in [-0.25, -0.2) is 0 Å². The minimum Gasteiger partial charge on any atom is -0.465 e. The van der Waals surface area contributed by atoms with Crippen LogP contribution in [-0.4, -0.2) is 36.7 Å². The van der Waals surface area contributed by atoms with E-state index in [0.717, 1.165) is 12.5 Å². The van der Waals surface area contributed by atoms with Gasteiger partial charge in [0.2, 0.25) is 0 Å². The molecular formula is C15H18F3NO2S. The lowest BCUT2D eigenvalue weighted by molar-refractivity contribution is -0.140. The van der Waals surface area contributed by atoms with Gasteiger partial charge in [0.15, 0.2) is 0 Å². The van der Waals surface area contributed by atoms with Gasteiger partial charge in [-0.05, 0) is 31.5 Å². The Bertz CT molecular complexity index is 522. The summed E-state index contributed by atoms with van der Waals surface area (Å²) in [6, 6.07) is 5.37. The van der Waals surface area contributed by atoms with Gasteiger partial charge in [0, 0.05) is 24.0 Å². The first-order valence-electron chi connectivity index (χ1n) is 7.09. The minimum atomic E-state index is -4.33. The molecular weight excluding hydrogens is 315 g/mol. The quantitative estimate of drug-likeness (QED) is 0.771. The number of nitrogens with zero attached hydrogens (tertiary/aromatic N) is 1. The summed E-state index contributed by atoms with van der Waals surface area (Å²) in [6.45, 7) is 3.46. The zero-order valence-electron chi connectivity index (χ0n) is 12.2. The molecule has 1 aliphatic heterocycles. The Hall–Kier alpha value is -1.37. The van der Waals surface area contributed by atoms with E-state index in [-0.39, 0.29) is 17.0 Å². The van der Waals surface area contributed by atoms with Crippen LogP contribution in [0.15, 0.2) is 24.3 Å². The van der Waals surface area contributed by atoms with Crippen molar-refractivity contribution in [2.45, 2.75) is 24.8 Å². The highest BCUT2D eigenvalue weighted by Crippen LogP contribution is 2.33. The number of carbonyl (C=O) groups excluding carboxylic acids is 1. The van der Waals surface area contributed by atoms with Crippen molar-refractivity contribution in [3.05, 3.63) is 29.8 Å². The van der Waals surface area contributed by atoms with Crippen molar-refractivity contribution in [1.29, 1.82) is 0 Å². The van der Waals surface area contributed by atoms with E-state index in [9.17, 15) is 18.0 Å². The van der Waals surface area contributed by atoms with E-state index in [1.165, 1.54) is 23.9 Å². The van der Waals surface area contributed by atoms with Gasteiger partial charge in [0.1, 0.15) is 0 Å². The first-order valence-corrected chi connectivity index (χ1v) is 8.14. The summed E-state index contributed by atoms with van der Waals surface area (Å²) in [6.07, 6.45) is -3.48. The SMILES string of the molecule is CCOC(=O)CSC1CCN(c2cccc(C(F)(F)F)c2)C1. The van der Waals surface area contributed by atoms with Gasteiger partial charge in [-0.3, -0.25) is 4.79 Å². The molecule has 0 saturated carbocycles. The van der Waals surface area contributed by atoms with Crippen molar-refractivity contribution in [3.8, 4) is 0 Å². The molecule has 7 heteroatoms. The lowest BCUT2D eigenvalue weighted by Gasteiger charge is -2.20. The fraction of sp³-hybridized carbons (Fsp3) is 0.533. The second-order valence-corrected chi connectivity index (χ2v) is 6.31. The average molecular weight is 333 g/mol. The molecule has 122 valence electrons. The molecule has 0 aromatic heterocycles. The molecule has 3 nitrogen and oxygen atoms in total. The number of ether oxygens (including phenoxy) is 1. The van der Waals surface area contributed by atoms with E-state index < -0.39 is 11.7 Å². The van der Waals surface area contributed by atoms with Crippen molar-refractivity contribution in [1.82, 2.24) is 0 Å². The molecule has 1 atom stereocenters. The number of hydrogen-bond acceptors (Lipinski definition) is 4. The molecule has 0 bridgehead atoms. The van der Waals surface area contributed by atoms with Gasteiger partial charge in [-0.15, -0.1) is 11.8 Å². The molecule has 2 rings (SSSR count). The van der Waals surface area contributed by atoms with Gasteiger partial charge in [-0.1, -0.05) is 6.07 Å². The summed E-state index contributed by atoms with van der Waals surface area (Å²) < 4.78 is 43.1. The third kappa shape index (κ3) is 4.56. The van der Waals surface area contributed by atoms with E-state index in [2.05, 4.69) is 0 Å². The smallest absolute Gasteiger partial charge is 0.416 e. The maximum atomic E-state index is 12.7. The van der Waals surface area contributed by atoms with E-state index >= 15 is 0 Å². The molecule has 22 heavy (non-hydrogen) atoms. The number of benzene rings is 1. The Labute approximate surface area is 131 Å². The monoisotopic (exact) mass is 333 g/mol. The van der Waals surface area contributed by atoms with Crippen molar-refractivity contribution in [2.75, 3.05) is 30.3 Å². The number of thioether (sulfide) groups is 1. The molecule has 0 N–H and O–H groups in total. The van der Waals surface area contributed by atoms with Crippen LogP contribution in [-0.2, 0) is 15.7 Å². The fourth-order valence-corrected chi connectivity index (χ4v) is 3.38. The maximum Gasteiger partial charge on any atom is 0.416 e. The first-order chi connectivity index (χ1) is 10.4. The summed E-state index contributed by atoms with van der Waals surface area (Å²) in [4.78, 5) is 13.3. The highest BCUT2D eigenvalue weighted by atomic mass is 32.2. The van der Waals surface area contributed by atoms with Gasteiger partial charge in [0.05, 0.1) is 17.9 Å². The summed E-state index contributed by atoms with van der Waals surface area (Å²) in [7, 11) is 0. The van der Waals surface area contributed by atoms with E-state index in [1.54, 1.807) is 13.0 Å². The number of carbonyl (C=O) groups is 1. The van der Waals surface area contributed by atoms with Crippen LogP contribution in [0, 0.1) is 0 Å². The van der Waals surface area contributed by atoms with E-state index in [0.29, 0.717) is 25.4 Å². The first kappa shape index (κ1) is 17.0. The molecule has 1 aromatic rings. The Morgan fingerprint density at radius 2 is 2.23 bits per heavy atom. The largest absolute Gasteiger partial charge is 0.465 e. The van der Waals surface area contributed by atoms with Crippen molar-refractivity contribution >= 4 is 23.4 Å². The summed E-state index contributed by atoms with van der Waals surface area (Å²) >= 11 is 1.50. The summed E-state index contributed by atoms with van der Waals surface area (Å²) in [5, 5.41) is 0.235. The fourth-order valence-electron chi connectivity index (χ4n) is 2.37. The molecule has 0 radical (unpaired) electrons. The number of rotatable bonds is 5. The Balaban J connectivity index is 1.92. The zero-order chi connectivity index (χ0) is 16.2. The van der Waals surface area contributed by atoms with Crippen LogP contribution < -0.4 is 4.90 Å². The predicted octanol–water partition coefficient (Wildman–Crippen LogP) is 3.58. The van der Waals surface area contributed by atoms with Crippen molar-refractivity contribution in [2.24, 2.45) is 0 Å². The molecule has 0 spiro atoms. The highest BCUT2D eigenvalue weighted by Gasteiger charge is 2.31. The van der Waals surface area contributed by atoms with Crippen molar-refractivity contribution in [3.63, 3.8) is 0 Å². The second-order valence-electron chi connectivity index (χ2n) is 5.02.